The summed E-state index contributed by atoms with van der Waals surface area (Å²) in [5, 5.41) is 26.9. The fraction of sp³-hybridized carbons (Fsp3) is 0.556. The second kappa shape index (κ2) is 7.75. The fourth-order valence-corrected chi connectivity index (χ4v) is 6.79. The number of benzene rings is 2. The third-order valence-corrected chi connectivity index (χ3v) is 8.59. The highest BCUT2D eigenvalue weighted by Crippen LogP contribution is 2.59. The third kappa shape index (κ3) is 3.17. The van der Waals surface area contributed by atoms with Gasteiger partial charge in [0.15, 0.2) is 11.5 Å². The van der Waals surface area contributed by atoms with E-state index < -0.39 is 5.60 Å². The Morgan fingerprint density at radius 2 is 1.84 bits per heavy atom. The topological polar surface area (TPSA) is 65.0 Å². The molecule has 2 aromatic carbocycles. The van der Waals surface area contributed by atoms with E-state index in [0.29, 0.717) is 12.4 Å². The van der Waals surface area contributed by atoms with E-state index in [0.717, 1.165) is 68.9 Å². The molecule has 170 valence electrons. The summed E-state index contributed by atoms with van der Waals surface area (Å²) in [6.07, 6.45) is 6.00. The number of nitrogens with zero attached hydrogens (tertiary/aromatic N) is 1. The Morgan fingerprint density at radius 3 is 2.66 bits per heavy atom. The molecule has 5 heteroatoms. The maximum atomic E-state index is 12.5. The van der Waals surface area contributed by atoms with Gasteiger partial charge in [-0.15, -0.1) is 0 Å². The lowest BCUT2D eigenvalue weighted by molar-refractivity contribution is -0.149. The number of nitrogens with one attached hydrogen (secondary N) is 1. The highest BCUT2D eigenvalue weighted by molar-refractivity contribution is 5.58. The lowest BCUT2D eigenvalue weighted by Gasteiger charge is -2.61. The molecule has 0 spiro atoms. The van der Waals surface area contributed by atoms with Crippen LogP contribution >= 0.6 is 0 Å². The Hall–Kier alpha value is -2.08. The van der Waals surface area contributed by atoms with Gasteiger partial charge in [0.25, 0.3) is 0 Å². The van der Waals surface area contributed by atoms with Crippen LogP contribution in [0.4, 0.5) is 0 Å². The van der Waals surface area contributed by atoms with Crippen LogP contribution in [0.25, 0.3) is 0 Å². The minimum atomic E-state index is -0.810. The summed E-state index contributed by atoms with van der Waals surface area (Å²) in [4.78, 5) is 2.58. The molecule has 3 atom stereocenters. The van der Waals surface area contributed by atoms with Crippen molar-refractivity contribution in [1.29, 1.82) is 0 Å². The van der Waals surface area contributed by atoms with Crippen molar-refractivity contribution in [3.63, 3.8) is 0 Å². The molecule has 4 aliphatic rings. The van der Waals surface area contributed by atoms with Crippen molar-refractivity contribution in [1.82, 2.24) is 10.2 Å². The summed E-state index contributed by atoms with van der Waals surface area (Å²) in [5.74, 6) is 1.58. The average molecular weight is 435 g/mol. The fourth-order valence-electron chi connectivity index (χ4n) is 6.79. The lowest BCUT2D eigenvalue weighted by Crippen LogP contribution is -2.71. The van der Waals surface area contributed by atoms with Gasteiger partial charge < -0.3 is 20.3 Å². The number of phenolic OH excluding ortho intramolecular Hbond substituents is 1. The van der Waals surface area contributed by atoms with Crippen LogP contribution in [-0.2, 0) is 18.4 Å². The van der Waals surface area contributed by atoms with Crippen molar-refractivity contribution in [2.24, 2.45) is 5.92 Å². The van der Waals surface area contributed by atoms with Crippen molar-refractivity contribution in [2.45, 2.75) is 62.2 Å². The van der Waals surface area contributed by atoms with Crippen LogP contribution in [-0.4, -0.2) is 52.9 Å². The van der Waals surface area contributed by atoms with E-state index >= 15 is 0 Å². The molecule has 0 aromatic heterocycles. The minimum Gasteiger partial charge on any atom is -0.504 e. The first-order valence-corrected chi connectivity index (χ1v) is 12.3. The van der Waals surface area contributed by atoms with Gasteiger partial charge in [0, 0.05) is 23.6 Å². The number of aliphatic hydroxyl groups is 1. The number of aromatic hydroxyl groups is 1. The number of ether oxygens (including phenoxy) is 1. The van der Waals surface area contributed by atoms with E-state index in [2.05, 4.69) is 16.3 Å². The molecule has 0 radical (unpaired) electrons. The van der Waals surface area contributed by atoms with Gasteiger partial charge in [-0.25, -0.2) is 0 Å². The van der Waals surface area contributed by atoms with Crippen LogP contribution < -0.4 is 10.1 Å². The Balaban J connectivity index is 1.44. The molecule has 2 saturated heterocycles. The summed E-state index contributed by atoms with van der Waals surface area (Å²) in [6.45, 7) is 4.25. The Labute approximate surface area is 190 Å². The van der Waals surface area contributed by atoms with Crippen LogP contribution in [0.3, 0.4) is 0 Å². The van der Waals surface area contributed by atoms with Crippen molar-refractivity contribution in [3.8, 4) is 11.5 Å². The predicted molar refractivity (Wildman–Crippen MR) is 124 cm³/mol. The lowest BCUT2D eigenvalue weighted by atomic mass is 9.52. The number of phenols is 1. The summed E-state index contributed by atoms with van der Waals surface area (Å²) >= 11 is 0. The maximum absolute atomic E-state index is 12.5. The van der Waals surface area contributed by atoms with Crippen LogP contribution in [0.1, 0.15) is 48.8 Å². The molecule has 2 aliphatic heterocycles. The number of likely N-dealkylation sites (tertiary alicyclic amines) is 1. The van der Waals surface area contributed by atoms with E-state index in [9.17, 15) is 10.2 Å². The highest BCUT2D eigenvalue weighted by Gasteiger charge is 2.63. The number of fused-ring (bicyclic) bond motifs is 1. The van der Waals surface area contributed by atoms with Gasteiger partial charge in [0.05, 0.1) is 5.60 Å². The van der Waals surface area contributed by atoms with Crippen LogP contribution in [0, 0.1) is 5.92 Å². The molecule has 2 aromatic rings. The molecule has 3 N–H and O–H groups in total. The molecule has 0 amide bonds. The molecule has 1 saturated carbocycles. The largest absolute Gasteiger partial charge is 0.504 e. The zero-order chi connectivity index (χ0) is 21.8. The summed E-state index contributed by atoms with van der Waals surface area (Å²) in [5.41, 5.74) is 2.19. The summed E-state index contributed by atoms with van der Waals surface area (Å²) in [6, 6.07) is 14.1. The van der Waals surface area contributed by atoms with Gasteiger partial charge in [-0.05, 0) is 81.3 Å². The van der Waals surface area contributed by atoms with E-state index in [-0.39, 0.29) is 17.2 Å². The van der Waals surface area contributed by atoms with Crippen LogP contribution in [0.5, 0.6) is 11.5 Å². The quantitative estimate of drug-likeness (QED) is 0.674. The van der Waals surface area contributed by atoms with E-state index in [1.807, 2.05) is 30.3 Å². The molecule has 6 rings (SSSR count). The molecule has 2 bridgehead atoms. The van der Waals surface area contributed by atoms with E-state index in [1.165, 1.54) is 18.4 Å². The number of piperidine rings is 1. The first kappa shape index (κ1) is 20.5. The van der Waals surface area contributed by atoms with Crippen molar-refractivity contribution in [3.05, 3.63) is 59.2 Å². The van der Waals surface area contributed by atoms with Crippen molar-refractivity contribution in [2.75, 3.05) is 26.2 Å². The predicted octanol–water partition coefficient (Wildman–Crippen LogP) is 3.36. The number of hydrogen-bond donors (Lipinski definition) is 3. The monoisotopic (exact) mass is 434 g/mol. The molecule has 3 fully saturated rings. The Morgan fingerprint density at radius 1 is 1.03 bits per heavy atom. The second-order valence-electron chi connectivity index (χ2n) is 10.4. The standard InChI is InChI=1S/C27H34N2O3/c30-22-9-8-21-16-23-27(31)11-14-28-13-10-26(27,12-15-29(23)17-19-6-7-19)24(21)25(22)32-18-20-4-2-1-3-5-20/h1-5,8-9,19,23,28,30-31H,6-7,10-18H2/t23-,26+,27-/m1/s1. The van der Waals surface area contributed by atoms with Gasteiger partial charge in [0.1, 0.15) is 6.61 Å². The van der Waals surface area contributed by atoms with Crippen molar-refractivity contribution >= 4 is 0 Å². The Kier molecular flexibility index (Phi) is 4.97. The molecule has 2 heterocycles. The summed E-state index contributed by atoms with van der Waals surface area (Å²) in [7, 11) is 0. The van der Waals surface area contributed by atoms with Gasteiger partial charge in [0.2, 0.25) is 0 Å². The Bertz CT molecular complexity index is 992. The zero-order valence-corrected chi connectivity index (χ0v) is 18.7. The first-order chi connectivity index (χ1) is 15.6. The molecular weight excluding hydrogens is 400 g/mol. The molecule has 0 unspecified atom stereocenters. The van der Waals surface area contributed by atoms with Crippen LogP contribution in [0.15, 0.2) is 42.5 Å². The maximum Gasteiger partial charge on any atom is 0.165 e. The van der Waals surface area contributed by atoms with E-state index in [4.69, 9.17) is 4.74 Å². The number of rotatable bonds is 5. The zero-order valence-electron chi connectivity index (χ0n) is 18.7. The number of hydrogen-bond acceptors (Lipinski definition) is 5. The summed E-state index contributed by atoms with van der Waals surface area (Å²) < 4.78 is 6.35. The SMILES string of the molecule is Oc1ccc2c(c1OCc1ccccc1)[C@@]13CCNCC[C@@]1(O)[C@@H](C2)N(CC1CC1)CC3. The van der Waals surface area contributed by atoms with Gasteiger partial charge >= 0.3 is 0 Å². The first-order valence-electron chi connectivity index (χ1n) is 12.3. The molecular formula is C27H34N2O3. The van der Waals surface area contributed by atoms with Gasteiger partial charge in [-0.2, -0.15) is 0 Å². The van der Waals surface area contributed by atoms with Gasteiger partial charge in [-0.1, -0.05) is 36.4 Å². The third-order valence-electron chi connectivity index (χ3n) is 8.59. The minimum absolute atomic E-state index is 0.135. The van der Waals surface area contributed by atoms with Gasteiger partial charge in [-0.3, -0.25) is 4.90 Å². The van der Waals surface area contributed by atoms with Crippen LogP contribution in [0.2, 0.25) is 0 Å². The average Bonchev–Trinajstić information content (AvgIpc) is 3.63. The highest BCUT2D eigenvalue weighted by atomic mass is 16.5. The normalized spacial score (nSPS) is 32.0. The van der Waals surface area contributed by atoms with E-state index in [1.54, 1.807) is 6.07 Å². The second-order valence-corrected chi connectivity index (χ2v) is 10.4. The molecule has 5 nitrogen and oxygen atoms in total. The smallest absolute Gasteiger partial charge is 0.165 e. The van der Waals surface area contributed by atoms with Crippen molar-refractivity contribution < 1.29 is 14.9 Å². The molecule has 32 heavy (non-hydrogen) atoms. The molecule has 2 aliphatic carbocycles.